The minimum absolute atomic E-state index is 0.305. The number of thiophene rings is 1. The largest absolute Gasteiger partial charge is 0.432 e. The maximum atomic E-state index is 11.6. The summed E-state index contributed by atoms with van der Waals surface area (Å²) in [7, 11) is 0. The average Bonchev–Trinajstić information content (AvgIpc) is 3.01. The van der Waals surface area contributed by atoms with Crippen LogP contribution in [-0.4, -0.2) is 34.9 Å². The molecule has 0 saturated heterocycles. The molecule has 6 heteroatoms. The van der Waals surface area contributed by atoms with Gasteiger partial charge in [-0.25, -0.2) is 0 Å². The molecule has 0 aromatic carbocycles. The van der Waals surface area contributed by atoms with Gasteiger partial charge in [0.2, 0.25) is 5.79 Å². The average molecular weight is 407 g/mol. The second kappa shape index (κ2) is 11.2. The third-order valence-electron chi connectivity index (χ3n) is 3.50. The molecule has 0 aliphatic heterocycles. The molecule has 0 spiro atoms. The van der Waals surface area contributed by atoms with Crippen molar-refractivity contribution in [2.45, 2.75) is 63.0 Å². The number of unbranched alkanes of at least 4 members (excludes halogenated alkanes) is 1. The van der Waals surface area contributed by atoms with Crippen LogP contribution in [0.2, 0.25) is 0 Å². The van der Waals surface area contributed by atoms with Gasteiger partial charge in [0.25, 0.3) is 0 Å². The summed E-state index contributed by atoms with van der Waals surface area (Å²) in [6.07, 6.45) is 4.44. The van der Waals surface area contributed by atoms with Gasteiger partial charge in [-0.3, -0.25) is 4.79 Å². The molecule has 1 aromatic heterocycles. The molecule has 1 rings (SSSR count). The summed E-state index contributed by atoms with van der Waals surface area (Å²) in [6.45, 7) is 4.86. The van der Waals surface area contributed by atoms with Gasteiger partial charge < -0.3 is 14.6 Å². The van der Waals surface area contributed by atoms with Crippen molar-refractivity contribution >= 4 is 33.2 Å². The SMILES string of the molecule is CCCCC(=O)OC(C)(O)C(Br)CCCOCCc1ccsc1. The summed E-state index contributed by atoms with van der Waals surface area (Å²) < 4.78 is 10.8. The molecule has 1 N–H and O–H groups in total. The molecule has 0 bridgehead atoms. The first-order valence-corrected chi connectivity index (χ1v) is 9.98. The standard InChI is InChI=1S/C17H27BrO4S/c1-3-4-7-16(19)22-17(2,20)15(18)6-5-10-21-11-8-14-9-12-23-13-14/h9,12-13,15,20H,3-8,10-11H2,1-2H3. The number of halogens is 1. The van der Waals surface area contributed by atoms with Crippen molar-refractivity contribution in [2.75, 3.05) is 13.2 Å². The summed E-state index contributed by atoms with van der Waals surface area (Å²) in [5.74, 6) is -1.84. The van der Waals surface area contributed by atoms with E-state index in [1.165, 1.54) is 12.5 Å². The molecule has 1 heterocycles. The molecule has 0 aliphatic rings. The summed E-state index contributed by atoms with van der Waals surface area (Å²) >= 11 is 5.11. The quantitative estimate of drug-likeness (QED) is 0.243. The number of hydrogen-bond donors (Lipinski definition) is 1. The Morgan fingerprint density at radius 1 is 1.43 bits per heavy atom. The van der Waals surface area contributed by atoms with Gasteiger partial charge in [-0.05, 0) is 48.1 Å². The highest BCUT2D eigenvalue weighted by molar-refractivity contribution is 9.09. The lowest BCUT2D eigenvalue weighted by Crippen LogP contribution is -2.40. The van der Waals surface area contributed by atoms with E-state index in [9.17, 15) is 9.90 Å². The fourth-order valence-electron chi connectivity index (χ4n) is 2.03. The fraction of sp³-hybridized carbons (Fsp3) is 0.706. The lowest BCUT2D eigenvalue weighted by atomic mass is 10.1. The van der Waals surface area contributed by atoms with Crippen LogP contribution in [0.15, 0.2) is 16.8 Å². The topological polar surface area (TPSA) is 55.8 Å². The first-order valence-electron chi connectivity index (χ1n) is 8.12. The highest BCUT2D eigenvalue weighted by Gasteiger charge is 2.33. The number of carbonyl (C=O) groups is 1. The van der Waals surface area contributed by atoms with E-state index in [0.29, 0.717) is 26.1 Å². The summed E-state index contributed by atoms with van der Waals surface area (Å²) in [5.41, 5.74) is 1.30. The predicted molar refractivity (Wildman–Crippen MR) is 97.0 cm³/mol. The molecule has 2 unspecified atom stereocenters. The van der Waals surface area contributed by atoms with Crippen molar-refractivity contribution in [1.29, 1.82) is 0 Å². The maximum Gasteiger partial charge on any atom is 0.308 e. The molecule has 0 radical (unpaired) electrons. The van der Waals surface area contributed by atoms with E-state index in [4.69, 9.17) is 9.47 Å². The number of carbonyl (C=O) groups excluding carboxylic acids is 1. The Bertz CT molecular complexity index is 434. The van der Waals surface area contributed by atoms with Crippen molar-refractivity contribution in [1.82, 2.24) is 0 Å². The Labute approximate surface area is 151 Å². The van der Waals surface area contributed by atoms with Crippen LogP contribution >= 0.6 is 27.3 Å². The van der Waals surface area contributed by atoms with Gasteiger partial charge in [0, 0.05) is 20.0 Å². The van der Waals surface area contributed by atoms with E-state index >= 15 is 0 Å². The molecule has 4 nitrogen and oxygen atoms in total. The number of ether oxygens (including phenoxy) is 2. The van der Waals surface area contributed by atoms with Crippen molar-refractivity contribution in [2.24, 2.45) is 0 Å². The Kier molecular flexibility index (Phi) is 10.0. The van der Waals surface area contributed by atoms with E-state index in [1.807, 2.05) is 6.92 Å². The van der Waals surface area contributed by atoms with Crippen LogP contribution in [0.5, 0.6) is 0 Å². The molecular formula is C17H27BrO4S. The van der Waals surface area contributed by atoms with Crippen LogP contribution in [0.1, 0.15) is 51.5 Å². The Morgan fingerprint density at radius 2 is 2.22 bits per heavy atom. The van der Waals surface area contributed by atoms with Gasteiger partial charge in [-0.15, -0.1) is 0 Å². The second-order valence-electron chi connectivity index (χ2n) is 5.74. The summed E-state index contributed by atoms with van der Waals surface area (Å²) in [5, 5.41) is 14.4. The molecule has 2 atom stereocenters. The zero-order chi connectivity index (χ0) is 17.1. The predicted octanol–water partition coefficient (Wildman–Crippen LogP) is 4.29. The van der Waals surface area contributed by atoms with Crippen molar-refractivity contribution in [3.63, 3.8) is 0 Å². The zero-order valence-corrected chi connectivity index (χ0v) is 16.3. The molecule has 132 valence electrons. The van der Waals surface area contributed by atoms with Crippen LogP contribution < -0.4 is 0 Å². The van der Waals surface area contributed by atoms with Gasteiger partial charge in [0.05, 0.1) is 11.4 Å². The normalized spacial score (nSPS) is 15.1. The molecule has 0 amide bonds. The number of hydrogen-bond acceptors (Lipinski definition) is 5. The lowest BCUT2D eigenvalue weighted by molar-refractivity contribution is -0.201. The molecule has 23 heavy (non-hydrogen) atoms. The lowest BCUT2D eigenvalue weighted by Gasteiger charge is -2.28. The summed E-state index contributed by atoms with van der Waals surface area (Å²) in [4.78, 5) is 11.3. The fourth-order valence-corrected chi connectivity index (χ4v) is 3.15. The van der Waals surface area contributed by atoms with E-state index in [-0.39, 0.29) is 10.8 Å². The van der Waals surface area contributed by atoms with Gasteiger partial charge >= 0.3 is 5.97 Å². The summed E-state index contributed by atoms with van der Waals surface area (Å²) in [6, 6.07) is 2.10. The van der Waals surface area contributed by atoms with Crippen molar-refractivity contribution < 1.29 is 19.4 Å². The van der Waals surface area contributed by atoms with Crippen LogP contribution in [-0.2, 0) is 20.7 Å². The first-order chi connectivity index (χ1) is 11.0. The number of aliphatic hydroxyl groups is 1. The minimum atomic E-state index is -1.48. The van der Waals surface area contributed by atoms with E-state index in [0.717, 1.165) is 25.7 Å². The minimum Gasteiger partial charge on any atom is -0.432 e. The van der Waals surface area contributed by atoms with Crippen LogP contribution in [0.25, 0.3) is 0 Å². The number of rotatable bonds is 12. The highest BCUT2D eigenvalue weighted by Crippen LogP contribution is 2.24. The monoisotopic (exact) mass is 406 g/mol. The molecule has 0 saturated carbocycles. The van der Waals surface area contributed by atoms with Crippen LogP contribution in [0.4, 0.5) is 0 Å². The number of esters is 1. The molecule has 0 aliphatic carbocycles. The second-order valence-corrected chi connectivity index (χ2v) is 7.62. The van der Waals surface area contributed by atoms with E-state index in [1.54, 1.807) is 11.3 Å². The van der Waals surface area contributed by atoms with Crippen molar-refractivity contribution in [3.8, 4) is 0 Å². The van der Waals surface area contributed by atoms with Gasteiger partial charge in [0.1, 0.15) is 0 Å². The van der Waals surface area contributed by atoms with Gasteiger partial charge in [-0.2, -0.15) is 11.3 Å². The zero-order valence-electron chi connectivity index (χ0n) is 13.9. The molecule has 0 fully saturated rings. The molecular weight excluding hydrogens is 380 g/mol. The smallest absolute Gasteiger partial charge is 0.308 e. The highest BCUT2D eigenvalue weighted by atomic mass is 79.9. The van der Waals surface area contributed by atoms with Gasteiger partial charge in [-0.1, -0.05) is 29.3 Å². The van der Waals surface area contributed by atoms with E-state index < -0.39 is 5.79 Å². The van der Waals surface area contributed by atoms with Crippen LogP contribution in [0, 0.1) is 0 Å². The van der Waals surface area contributed by atoms with E-state index in [2.05, 4.69) is 32.8 Å². The first kappa shape index (κ1) is 20.6. The Morgan fingerprint density at radius 3 is 2.87 bits per heavy atom. The maximum absolute atomic E-state index is 11.6. The Hall–Kier alpha value is -0.430. The van der Waals surface area contributed by atoms with Crippen LogP contribution in [0.3, 0.4) is 0 Å². The Balaban J connectivity index is 2.13. The third-order valence-corrected chi connectivity index (χ3v) is 5.54. The number of alkyl halides is 1. The van der Waals surface area contributed by atoms with Gasteiger partial charge in [0.15, 0.2) is 0 Å². The molecule has 1 aromatic rings. The third kappa shape index (κ3) is 8.84. The van der Waals surface area contributed by atoms with Crippen molar-refractivity contribution in [3.05, 3.63) is 22.4 Å².